The van der Waals surface area contributed by atoms with Crippen LogP contribution in [-0.4, -0.2) is 193 Å². The van der Waals surface area contributed by atoms with Crippen molar-refractivity contribution in [3.8, 4) is 0 Å². The number of aliphatic imine (C=N–C) groups is 1. The first kappa shape index (κ1) is 65.0. The standard InChI is InChI=1S/C50H90N14O11/c1-11-18-34(56-48(74)42(32(8)65)61-47(73)41(31(7)13-3)60-45(71)39(29(4)5)58-37(67)27-55-38(68)28-62(10)33(9)66)43(69)59-40(30(6)12-2)46(72)57-35(19-16-21-54-50(51)52)49(75)64-25-17-20-36(64)44(70)53-22-26-63-23-14-15-24-63/h29-32,34-36,39-42,65H,11-28H2,1-10H3,(H,53,70)(H,55,68)(H,56,74)(H,57,72)(H,58,67)(H,59,69)(H,60,71)(H,61,73)(H4,51,52,54)/t30-,31-,32+,34-,35-,36-,39-,40-,41+,42-/m0/s1. The summed E-state index contributed by atoms with van der Waals surface area (Å²) in [5.74, 6) is -7.89. The Bertz CT molecular complexity index is 1960. The van der Waals surface area contributed by atoms with Gasteiger partial charge in [-0.3, -0.25) is 52.9 Å². The molecule has 0 unspecified atom stereocenters. The number of aliphatic hydroxyl groups excluding tert-OH is 1. The number of likely N-dealkylation sites (N-methyl/N-ethyl adjacent to an activating group) is 1. The van der Waals surface area contributed by atoms with E-state index in [0.717, 1.165) is 30.8 Å². The highest BCUT2D eigenvalue weighted by molar-refractivity contribution is 5.98. The lowest BCUT2D eigenvalue weighted by molar-refractivity contribution is -0.142. The summed E-state index contributed by atoms with van der Waals surface area (Å²) in [5.41, 5.74) is 11.1. The third-order valence-corrected chi connectivity index (χ3v) is 13.8. The first-order valence-corrected chi connectivity index (χ1v) is 26.7. The summed E-state index contributed by atoms with van der Waals surface area (Å²) in [7, 11) is 1.42. The molecule has 0 aromatic rings. The third kappa shape index (κ3) is 21.9. The molecule has 25 heteroatoms. The van der Waals surface area contributed by atoms with Crippen LogP contribution in [0.5, 0.6) is 0 Å². The minimum Gasteiger partial charge on any atom is -0.391 e. The molecule has 0 bridgehead atoms. The number of aliphatic hydroxyl groups is 1. The van der Waals surface area contributed by atoms with Gasteiger partial charge in [0, 0.05) is 40.2 Å². The van der Waals surface area contributed by atoms with E-state index in [0.29, 0.717) is 58.2 Å². The molecule has 0 saturated carbocycles. The number of rotatable bonds is 32. The van der Waals surface area contributed by atoms with E-state index < -0.39 is 120 Å². The Morgan fingerprint density at radius 3 is 1.76 bits per heavy atom. The predicted molar refractivity (Wildman–Crippen MR) is 282 cm³/mol. The Morgan fingerprint density at radius 1 is 0.667 bits per heavy atom. The molecule has 2 aliphatic heterocycles. The Morgan fingerprint density at radius 2 is 1.21 bits per heavy atom. The first-order valence-electron chi connectivity index (χ1n) is 26.7. The fraction of sp³-hybridized carbons (Fsp3) is 0.780. The van der Waals surface area contributed by atoms with E-state index in [4.69, 9.17) is 11.5 Å². The van der Waals surface area contributed by atoms with E-state index in [1.807, 2.05) is 6.92 Å². The van der Waals surface area contributed by atoms with Crippen LogP contribution >= 0.6 is 0 Å². The molecule has 2 heterocycles. The van der Waals surface area contributed by atoms with E-state index in [1.165, 1.54) is 25.8 Å². The fourth-order valence-corrected chi connectivity index (χ4v) is 8.68. The highest BCUT2D eigenvalue weighted by atomic mass is 16.3. The number of likely N-dealkylation sites (tertiary alicyclic amines) is 2. The van der Waals surface area contributed by atoms with E-state index in [2.05, 4.69) is 52.4 Å². The van der Waals surface area contributed by atoms with Crippen molar-refractivity contribution in [3.05, 3.63) is 0 Å². The van der Waals surface area contributed by atoms with Gasteiger partial charge in [0.2, 0.25) is 59.1 Å². The fourth-order valence-electron chi connectivity index (χ4n) is 8.68. The van der Waals surface area contributed by atoms with Gasteiger partial charge in [-0.05, 0) is 82.7 Å². The van der Waals surface area contributed by atoms with Gasteiger partial charge in [-0.2, -0.15) is 0 Å². The smallest absolute Gasteiger partial charge is 0.245 e. The lowest BCUT2D eigenvalue weighted by atomic mass is 9.95. The number of amides is 10. The monoisotopic (exact) mass is 1060 g/mol. The number of guanidine groups is 1. The SMILES string of the molecule is CCC[C@H](NC(=O)[C@@H](NC(=O)[C@H](NC(=O)[C@@H](NC(=O)CNC(=O)CN(C)C(C)=O)C(C)C)[C@@H](C)CC)[C@@H](C)O)C(=O)N[C@H](C(=O)N[C@@H](CCCN=C(N)N)C(=O)N1CCC[C@H]1C(=O)NCCN1CCCC1)[C@@H](C)CC. The maximum Gasteiger partial charge on any atom is 0.245 e. The number of nitrogens with zero attached hydrogens (tertiary/aromatic N) is 4. The van der Waals surface area contributed by atoms with Crippen molar-refractivity contribution in [2.75, 3.05) is 59.4 Å². The van der Waals surface area contributed by atoms with Crippen LogP contribution in [0.1, 0.15) is 127 Å². The molecular formula is C50H90N14O11. The average molecular weight is 1060 g/mol. The molecule has 10 atom stereocenters. The van der Waals surface area contributed by atoms with Gasteiger partial charge < -0.3 is 73.8 Å². The van der Waals surface area contributed by atoms with Gasteiger partial charge in [-0.1, -0.05) is 67.7 Å². The molecule has 75 heavy (non-hydrogen) atoms. The molecule has 2 saturated heterocycles. The molecule has 13 N–H and O–H groups in total. The van der Waals surface area contributed by atoms with Crippen LogP contribution < -0.4 is 54.0 Å². The molecule has 2 aliphatic rings. The van der Waals surface area contributed by atoms with E-state index in [1.54, 1.807) is 41.5 Å². The lowest BCUT2D eigenvalue weighted by Crippen LogP contribution is -2.63. The maximum absolute atomic E-state index is 14.3. The first-order chi connectivity index (χ1) is 35.4. The van der Waals surface area contributed by atoms with Crippen molar-refractivity contribution in [2.45, 2.75) is 175 Å². The molecule has 0 spiro atoms. The molecule has 0 aliphatic carbocycles. The summed E-state index contributed by atoms with van der Waals surface area (Å²) in [5, 5.41) is 32.3. The zero-order valence-electron chi connectivity index (χ0n) is 46.1. The van der Waals surface area contributed by atoms with Crippen LogP contribution in [0.2, 0.25) is 0 Å². The second kappa shape index (κ2) is 33.0. The largest absolute Gasteiger partial charge is 0.391 e. The minimum absolute atomic E-state index is 0.0856. The summed E-state index contributed by atoms with van der Waals surface area (Å²) in [6.07, 6.45) is 3.47. The summed E-state index contributed by atoms with van der Waals surface area (Å²) in [6.45, 7) is 17.5. The molecule has 0 radical (unpaired) electrons. The predicted octanol–water partition coefficient (Wildman–Crippen LogP) is -2.32. The summed E-state index contributed by atoms with van der Waals surface area (Å²) < 4.78 is 0. The van der Waals surface area contributed by atoms with Gasteiger partial charge in [-0.25, -0.2) is 0 Å². The van der Waals surface area contributed by atoms with Crippen molar-refractivity contribution >= 4 is 65.0 Å². The van der Waals surface area contributed by atoms with Crippen molar-refractivity contribution in [2.24, 2.45) is 34.2 Å². The van der Waals surface area contributed by atoms with E-state index in [9.17, 15) is 53.1 Å². The second-order valence-electron chi connectivity index (χ2n) is 20.3. The number of nitrogens with two attached hydrogens (primary N) is 2. The number of carbonyl (C=O) groups excluding carboxylic acids is 10. The molecule has 10 amide bonds. The second-order valence-corrected chi connectivity index (χ2v) is 20.3. The zero-order chi connectivity index (χ0) is 56.5. The van der Waals surface area contributed by atoms with Gasteiger partial charge in [0.05, 0.1) is 19.2 Å². The van der Waals surface area contributed by atoms with Gasteiger partial charge in [0.1, 0.15) is 42.3 Å². The number of carbonyl (C=O) groups is 10. The molecular weight excluding hydrogens is 973 g/mol. The van der Waals surface area contributed by atoms with Crippen LogP contribution in [0.25, 0.3) is 0 Å². The Hall–Kier alpha value is -6.11. The summed E-state index contributed by atoms with van der Waals surface area (Å²) >= 11 is 0. The Kier molecular flexibility index (Phi) is 28.6. The normalized spacial score (nSPS) is 18.1. The average Bonchev–Trinajstić information content (AvgIpc) is 4.08. The van der Waals surface area contributed by atoms with Crippen LogP contribution in [0.4, 0.5) is 0 Å². The lowest BCUT2D eigenvalue weighted by Gasteiger charge is -2.32. The topological polar surface area (TPSA) is 361 Å². The van der Waals surface area contributed by atoms with Crippen molar-refractivity contribution in [1.29, 1.82) is 0 Å². The van der Waals surface area contributed by atoms with Crippen molar-refractivity contribution in [1.82, 2.24) is 57.2 Å². The van der Waals surface area contributed by atoms with E-state index in [-0.39, 0.29) is 43.7 Å². The Balaban J connectivity index is 2.27. The summed E-state index contributed by atoms with van der Waals surface area (Å²) in [6, 6.07) is -8.34. The molecule has 25 nitrogen and oxygen atoms in total. The van der Waals surface area contributed by atoms with Crippen molar-refractivity contribution in [3.63, 3.8) is 0 Å². The van der Waals surface area contributed by atoms with Crippen LogP contribution in [0.3, 0.4) is 0 Å². The van der Waals surface area contributed by atoms with Gasteiger partial charge in [-0.15, -0.1) is 0 Å². The van der Waals surface area contributed by atoms with Gasteiger partial charge in [0.15, 0.2) is 5.96 Å². The molecule has 2 rings (SSSR count). The highest BCUT2D eigenvalue weighted by Crippen LogP contribution is 2.21. The minimum atomic E-state index is -1.62. The highest BCUT2D eigenvalue weighted by Gasteiger charge is 2.40. The molecule has 2 fully saturated rings. The summed E-state index contributed by atoms with van der Waals surface area (Å²) in [4.78, 5) is 143. The number of hydrogen-bond acceptors (Lipinski definition) is 13. The van der Waals surface area contributed by atoms with Crippen LogP contribution in [0, 0.1) is 17.8 Å². The van der Waals surface area contributed by atoms with Crippen LogP contribution in [0.15, 0.2) is 4.99 Å². The van der Waals surface area contributed by atoms with Crippen LogP contribution in [-0.2, 0) is 47.9 Å². The van der Waals surface area contributed by atoms with Crippen molar-refractivity contribution < 1.29 is 53.1 Å². The van der Waals surface area contributed by atoms with Gasteiger partial charge in [0.25, 0.3) is 0 Å². The quantitative estimate of drug-likeness (QED) is 0.0192. The molecule has 0 aromatic carbocycles. The Labute approximate surface area is 442 Å². The maximum atomic E-state index is 14.3. The third-order valence-electron chi connectivity index (χ3n) is 13.8. The van der Waals surface area contributed by atoms with Gasteiger partial charge >= 0.3 is 0 Å². The number of hydrogen-bond donors (Lipinski definition) is 11. The molecule has 426 valence electrons. The zero-order valence-corrected chi connectivity index (χ0v) is 46.1. The van der Waals surface area contributed by atoms with E-state index >= 15 is 0 Å². The molecule has 0 aromatic heterocycles. The number of nitrogens with one attached hydrogen (secondary N) is 8.